The van der Waals surface area contributed by atoms with E-state index in [1.807, 2.05) is 17.0 Å². The number of nitrogens with one attached hydrogen (secondary N) is 2. The zero-order valence-electron chi connectivity index (χ0n) is 19.6. The van der Waals surface area contributed by atoms with Crippen LogP contribution in [0.4, 0.5) is 11.4 Å². The minimum absolute atomic E-state index is 0.0843. The van der Waals surface area contributed by atoms with Gasteiger partial charge in [-0.1, -0.05) is 31.0 Å². The molecule has 178 valence electrons. The molecule has 0 aromatic heterocycles. The molecule has 3 fully saturated rings. The van der Waals surface area contributed by atoms with Gasteiger partial charge in [-0.2, -0.15) is 0 Å². The van der Waals surface area contributed by atoms with Crippen molar-refractivity contribution in [3.63, 3.8) is 0 Å². The van der Waals surface area contributed by atoms with Crippen LogP contribution in [-0.4, -0.2) is 66.7 Å². The highest BCUT2D eigenvalue weighted by atomic mass is 16.2. The monoisotopic (exact) mass is 459 g/mol. The molecule has 2 aromatic rings. The molecule has 7 heteroatoms. The summed E-state index contributed by atoms with van der Waals surface area (Å²) >= 11 is 0. The van der Waals surface area contributed by atoms with Crippen LogP contribution in [0.1, 0.15) is 41.6 Å². The molecule has 3 unspecified atom stereocenters. The Morgan fingerprint density at radius 2 is 1.65 bits per heavy atom. The van der Waals surface area contributed by atoms with E-state index in [0.717, 1.165) is 56.6 Å². The zero-order chi connectivity index (χ0) is 23.1. The summed E-state index contributed by atoms with van der Waals surface area (Å²) in [4.78, 5) is 32.3. The molecule has 1 aliphatic carbocycles. The van der Waals surface area contributed by atoms with Gasteiger partial charge in [0.25, 0.3) is 5.91 Å². The van der Waals surface area contributed by atoms with E-state index in [9.17, 15) is 9.59 Å². The van der Waals surface area contributed by atoms with Crippen molar-refractivity contribution in [3.05, 3.63) is 59.7 Å². The highest BCUT2D eigenvalue weighted by Gasteiger charge is 2.40. The summed E-state index contributed by atoms with van der Waals surface area (Å²) in [5, 5.41) is 6.83. The molecule has 3 aliphatic heterocycles. The number of hydrogen-bond acceptors (Lipinski definition) is 5. The summed E-state index contributed by atoms with van der Waals surface area (Å²) in [6.07, 6.45) is 5.34. The van der Waals surface area contributed by atoms with E-state index < -0.39 is 0 Å². The van der Waals surface area contributed by atoms with Crippen LogP contribution in [0.3, 0.4) is 0 Å². The fourth-order valence-corrected chi connectivity index (χ4v) is 6.08. The number of amides is 2. The normalized spacial score (nSPS) is 27.2. The highest BCUT2D eigenvalue weighted by Crippen LogP contribution is 2.34. The van der Waals surface area contributed by atoms with E-state index in [0.29, 0.717) is 13.1 Å². The Morgan fingerprint density at radius 1 is 0.882 bits per heavy atom. The number of rotatable bonds is 3. The number of para-hydroxylation sites is 1. The minimum atomic E-state index is -0.119. The van der Waals surface area contributed by atoms with Crippen molar-refractivity contribution in [2.24, 2.45) is 5.92 Å². The number of anilines is 2. The second-order valence-electron chi connectivity index (χ2n) is 9.98. The Hall–Kier alpha value is -2.90. The van der Waals surface area contributed by atoms with Crippen molar-refractivity contribution in [2.45, 2.75) is 44.4 Å². The lowest BCUT2D eigenvalue weighted by Crippen LogP contribution is -2.69. The van der Waals surface area contributed by atoms with Gasteiger partial charge < -0.3 is 15.1 Å². The Bertz CT molecular complexity index is 1060. The molecule has 6 rings (SSSR count). The molecule has 3 heterocycles. The Balaban J connectivity index is 1.06. The molecule has 2 saturated heterocycles. The van der Waals surface area contributed by atoms with E-state index in [-0.39, 0.29) is 30.1 Å². The molecule has 2 N–H and O–H groups in total. The summed E-state index contributed by atoms with van der Waals surface area (Å²) in [5.74, 6) is 0.388. The maximum Gasteiger partial charge on any atom is 0.253 e. The lowest BCUT2D eigenvalue weighted by Gasteiger charge is -2.46. The lowest BCUT2D eigenvalue weighted by atomic mass is 9.82. The van der Waals surface area contributed by atoms with Crippen LogP contribution in [0.25, 0.3) is 0 Å². The van der Waals surface area contributed by atoms with Crippen LogP contribution < -0.4 is 15.5 Å². The maximum absolute atomic E-state index is 13.2. The topological polar surface area (TPSA) is 67.9 Å². The van der Waals surface area contributed by atoms with Crippen LogP contribution in [0.15, 0.2) is 48.5 Å². The van der Waals surface area contributed by atoms with Crippen molar-refractivity contribution in [2.75, 3.05) is 37.6 Å². The molecule has 0 radical (unpaired) electrons. The van der Waals surface area contributed by atoms with Gasteiger partial charge in [0.1, 0.15) is 6.29 Å². The smallest absolute Gasteiger partial charge is 0.253 e. The van der Waals surface area contributed by atoms with Gasteiger partial charge in [0.2, 0.25) is 5.91 Å². The van der Waals surface area contributed by atoms with Gasteiger partial charge in [-0.3, -0.25) is 19.8 Å². The Morgan fingerprint density at radius 3 is 2.47 bits per heavy atom. The van der Waals surface area contributed by atoms with Gasteiger partial charge in [0.05, 0.1) is 5.92 Å². The van der Waals surface area contributed by atoms with Crippen LogP contribution in [0.2, 0.25) is 0 Å². The second kappa shape index (κ2) is 9.04. The molecule has 34 heavy (non-hydrogen) atoms. The van der Waals surface area contributed by atoms with Crippen LogP contribution in [-0.2, 0) is 11.2 Å². The number of fused-ring (bicyclic) bond motifs is 2. The molecule has 1 saturated carbocycles. The third kappa shape index (κ3) is 3.97. The number of piperazine rings is 1. The summed E-state index contributed by atoms with van der Waals surface area (Å²) in [6.45, 7) is 3.82. The second-order valence-corrected chi connectivity index (χ2v) is 9.98. The largest absolute Gasteiger partial charge is 0.341 e. The Kier molecular flexibility index (Phi) is 5.75. The van der Waals surface area contributed by atoms with Gasteiger partial charge in [-0.05, 0) is 55.2 Å². The van der Waals surface area contributed by atoms with Crippen molar-refractivity contribution in [1.29, 1.82) is 0 Å². The third-order valence-electron chi connectivity index (χ3n) is 8.03. The summed E-state index contributed by atoms with van der Waals surface area (Å²) < 4.78 is 0. The first kappa shape index (κ1) is 21.6. The molecular formula is C27H33N5O2. The first-order valence-corrected chi connectivity index (χ1v) is 12.7. The molecule has 7 nitrogen and oxygen atoms in total. The first-order valence-electron chi connectivity index (χ1n) is 12.7. The molecular weight excluding hydrogens is 426 g/mol. The minimum Gasteiger partial charge on any atom is -0.341 e. The van der Waals surface area contributed by atoms with E-state index in [1.165, 1.54) is 17.7 Å². The fraction of sp³-hybridized carbons (Fsp3) is 0.481. The van der Waals surface area contributed by atoms with Crippen molar-refractivity contribution < 1.29 is 9.59 Å². The number of nitrogens with zero attached hydrogens (tertiary/aromatic N) is 3. The quantitative estimate of drug-likeness (QED) is 0.739. The Labute approximate surface area is 201 Å². The SMILES string of the molecule is O=C1NC(N2CCN(C(=O)c3ccc(N4CCc5ccccc54)cc3)CC2)NC2CCCCC12. The lowest BCUT2D eigenvalue weighted by molar-refractivity contribution is -0.134. The third-order valence-corrected chi connectivity index (χ3v) is 8.03. The number of carbonyl (C=O) groups excluding carboxylic acids is 2. The van der Waals surface area contributed by atoms with Crippen molar-refractivity contribution in [3.8, 4) is 0 Å². The predicted molar refractivity (Wildman–Crippen MR) is 132 cm³/mol. The molecule has 4 aliphatic rings. The van der Waals surface area contributed by atoms with Crippen LogP contribution >= 0.6 is 0 Å². The molecule has 0 bridgehead atoms. The van der Waals surface area contributed by atoms with E-state index in [4.69, 9.17) is 0 Å². The van der Waals surface area contributed by atoms with Gasteiger partial charge in [-0.25, -0.2) is 0 Å². The molecule has 2 amide bonds. The van der Waals surface area contributed by atoms with Gasteiger partial charge in [0, 0.05) is 55.7 Å². The van der Waals surface area contributed by atoms with E-state index in [1.54, 1.807) is 0 Å². The number of carbonyl (C=O) groups is 2. The summed E-state index contributed by atoms with van der Waals surface area (Å²) in [6, 6.07) is 16.8. The first-order chi connectivity index (χ1) is 16.7. The fourth-order valence-electron chi connectivity index (χ4n) is 6.08. The number of benzene rings is 2. The number of hydrogen-bond donors (Lipinski definition) is 2. The van der Waals surface area contributed by atoms with E-state index >= 15 is 0 Å². The molecule has 3 atom stereocenters. The molecule has 2 aromatic carbocycles. The average Bonchev–Trinajstić information content (AvgIpc) is 3.33. The van der Waals surface area contributed by atoms with Gasteiger partial charge in [-0.15, -0.1) is 0 Å². The zero-order valence-corrected chi connectivity index (χ0v) is 19.6. The van der Waals surface area contributed by atoms with Crippen LogP contribution in [0.5, 0.6) is 0 Å². The summed E-state index contributed by atoms with van der Waals surface area (Å²) in [5.41, 5.74) is 4.51. The van der Waals surface area contributed by atoms with Crippen molar-refractivity contribution >= 4 is 23.2 Å². The predicted octanol–water partition coefficient (Wildman–Crippen LogP) is 2.70. The molecule has 0 spiro atoms. The summed E-state index contributed by atoms with van der Waals surface area (Å²) in [7, 11) is 0. The average molecular weight is 460 g/mol. The van der Waals surface area contributed by atoms with E-state index in [2.05, 4.69) is 56.8 Å². The van der Waals surface area contributed by atoms with Gasteiger partial charge in [0.15, 0.2) is 0 Å². The maximum atomic E-state index is 13.2. The van der Waals surface area contributed by atoms with Gasteiger partial charge >= 0.3 is 0 Å². The standard InChI is InChI=1S/C27H33N5O2/c33-25-22-6-2-3-7-23(22)28-27(29-25)31-17-15-30(16-18-31)26(34)20-9-11-21(12-10-20)32-14-13-19-5-1-4-8-24(19)32/h1,4-5,8-12,22-23,27-28H,2-3,6-7,13-18H2,(H,29,33). The van der Waals surface area contributed by atoms with Crippen molar-refractivity contribution in [1.82, 2.24) is 20.4 Å². The van der Waals surface area contributed by atoms with Crippen LogP contribution in [0, 0.1) is 5.92 Å². The highest BCUT2D eigenvalue weighted by molar-refractivity contribution is 5.94.